The van der Waals surface area contributed by atoms with E-state index < -0.39 is 0 Å². The molecule has 1 heterocycles. The summed E-state index contributed by atoms with van der Waals surface area (Å²) in [5.41, 5.74) is 0. The van der Waals surface area contributed by atoms with Crippen molar-refractivity contribution >= 4 is 17.6 Å². The Hall–Kier alpha value is -0.970. The number of ether oxygens (including phenoxy) is 1. The van der Waals surface area contributed by atoms with Gasteiger partial charge in [0.25, 0.3) is 0 Å². The van der Waals surface area contributed by atoms with E-state index in [-0.39, 0.29) is 0 Å². The highest BCUT2D eigenvalue weighted by Gasteiger charge is 2.30. The number of anilines is 1. The van der Waals surface area contributed by atoms with Gasteiger partial charge in [0.1, 0.15) is 11.6 Å². The van der Waals surface area contributed by atoms with Crippen LogP contribution in [0, 0.1) is 6.92 Å². The lowest BCUT2D eigenvalue weighted by Gasteiger charge is -2.36. The zero-order chi connectivity index (χ0) is 14.4. The number of hydrogen-bond donors (Lipinski definition) is 1. The summed E-state index contributed by atoms with van der Waals surface area (Å²) < 4.78 is 5.84. The highest BCUT2D eigenvalue weighted by Crippen LogP contribution is 2.38. The van der Waals surface area contributed by atoms with Crippen LogP contribution in [-0.2, 0) is 0 Å². The second-order valence-corrected chi connectivity index (χ2v) is 6.65. The highest BCUT2D eigenvalue weighted by molar-refractivity contribution is 8.00. The molecule has 0 saturated heterocycles. The summed E-state index contributed by atoms with van der Waals surface area (Å²) >= 11 is 1.99. The van der Waals surface area contributed by atoms with Gasteiger partial charge in [-0.15, -0.1) is 0 Å². The van der Waals surface area contributed by atoms with Gasteiger partial charge in [-0.3, -0.25) is 0 Å². The van der Waals surface area contributed by atoms with Crippen molar-refractivity contribution in [2.75, 3.05) is 24.7 Å². The Morgan fingerprint density at radius 1 is 1.30 bits per heavy atom. The van der Waals surface area contributed by atoms with Crippen molar-refractivity contribution in [1.29, 1.82) is 0 Å². The highest BCUT2D eigenvalue weighted by atomic mass is 32.2. The molecule has 0 spiro atoms. The topological polar surface area (TPSA) is 47.0 Å². The quantitative estimate of drug-likeness (QED) is 0.868. The summed E-state index contributed by atoms with van der Waals surface area (Å²) in [6.07, 6.45) is 8.88. The second-order valence-electron chi connectivity index (χ2n) is 5.37. The Kier molecular flexibility index (Phi) is 5.52. The second kappa shape index (κ2) is 7.16. The average molecular weight is 295 g/mol. The molecule has 0 amide bonds. The molecular formula is C15H25N3OS. The Morgan fingerprint density at radius 2 is 2.05 bits per heavy atom. The van der Waals surface area contributed by atoms with E-state index in [2.05, 4.69) is 21.5 Å². The number of aryl methyl sites for hydroxylation is 1. The maximum Gasteiger partial charge on any atom is 0.218 e. The Bertz CT molecular complexity index is 433. The first-order valence-corrected chi connectivity index (χ1v) is 8.67. The molecule has 0 aromatic carbocycles. The van der Waals surface area contributed by atoms with Gasteiger partial charge in [0.05, 0.1) is 6.61 Å². The van der Waals surface area contributed by atoms with E-state index in [9.17, 15) is 0 Å². The first kappa shape index (κ1) is 15.4. The van der Waals surface area contributed by atoms with Gasteiger partial charge >= 0.3 is 0 Å². The van der Waals surface area contributed by atoms with Crippen LogP contribution >= 0.6 is 11.8 Å². The molecule has 1 saturated carbocycles. The van der Waals surface area contributed by atoms with E-state index in [0.29, 0.717) is 17.2 Å². The minimum atomic E-state index is 0.364. The normalized spacial score (nSPS) is 17.8. The summed E-state index contributed by atoms with van der Waals surface area (Å²) in [6.45, 7) is 5.47. The maximum absolute atomic E-state index is 5.47. The lowest BCUT2D eigenvalue weighted by Crippen LogP contribution is -2.35. The molecule has 1 N–H and O–H groups in total. The van der Waals surface area contributed by atoms with Crippen LogP contribution in [0.15, 0.2) is 6.07 Å². The van der Waals surface area contributed by atoms with E-state index in [4.69, 9.17) is 4.74 Å². The van der Waals surface area contributed by atoms with Gasteiger partial charge in [-0.05, 0) is 32.9 Å². The third-order valence-electron chi connectivity index (χ3n) is 3.90. The molecule has 0 bridgehead atoms. The number of aromatic nitrogens is 2. The summed E-state index contributed by atoms with van der Waals surface area (Å²) in [4.78, 5) is 8.73. The van der Waals surface area contributed by atoms with Crippen molar-refractivity contribution in [2.45, 2.75) is 50.7 Å². The minimum absolute atomic E-state index is 0.364. The average Bonchev–Trinajstić information content (AvgIpc) is 2.46. The van der Waals surface area contributed by atoms with E-state index in [1.807, 2.05) is 31.7 Å². The lowest BCUT2D eigenvalue weighted by atomic mass is 9.88. The van der Waals surface area contributed by atoms with Gasteiger partial charge in [0.15, 0.2) is 0 Å². The first-order chi connectivity index (χ1) is 9.67. The van der Waals surface area contributed by atoms with E-state index in [1.54, 1.807) is 0 Å². The molecule has 0 radical (unpaired) electrons. The molecule has 20 heavy (non-hydrogen) atoms. The van der Waals surface area contributed by atoms with Crippen LogP contribution in [0.1, 0.15) is 44.9 Å². The van der Waals surface area contributed by atoms with Crippen molar-refractivity contribution in [1.82, 2.24) is 9.97 Å². The number of rotatable bonds is 6. The number of hydrogen-bond acceptors (Lipinski definition) is 5. The predicted octanol–water partition coefficient (Wildman–Crippen LogP) is 3.66. The summed E-state index contributed by atoms with van der Waals surface area (Å²) in [6, 6.07) is 1.90. The van der Waals surface area contributed by atoms with Crippen LogP contribution in [0.3, 0.4) is 0 Å². The molecule has 1 aromatic rings. The predicted molar refractivity (Wildman–Crippen MR) is 85.8 cm³/mol. The van der Waals surface area contributed by atoms with E-state index >= 15 is 0 Å². The van der Waals surface area contributed by atoms with Gasteiger partial charge in [-0.25, -0.2) is 4.98 Å². The molecular weight excluding hydrogens is 270 g/mol. The first-order valence-electron chi connectivity index (χ1n) is 7.45. The molecule has 0 atom stereocenters. The van der Waals surface area contributed by atoms with Crippen LogP contribution in [0.25, 0.3) is 0 Å². The van der Waals surface area contributed by atoms with Crippen LogP contribution in [0.4, 0.5) is 5.82 Å². The van der Waals surface area contributed by atoms with Crippen LogP contribution in [0.2, 0.25) is 0 Å². The van der Waals surface area contributed by atoms with Gasteiger partial charge in [-0.2, -0.15) is 16.7 Å². The van der Waals surface area contributed by atoms with E-state index in [0.717, 1.165) is 18.2 Å². The minimum Gasteiger partial charge on any atom is -0.478 e. The van der Waals surface area contributed by atoms with Crippen LogP contribution in [0.5, 0.6) is 5.88 Å². The van der Waals surface area contributed by atoms with Crippen molar-refractivity contribution in [3.63, 3.8) is 0 Å². The maximum atomic E-state index is 5.47. The molecule has 1 fully saturated rings. The molecule has 0 unspecified atom stereocenters. The van der Waals surface area contributed by atoms with Crippen molar-refractivity contribution < 1.29 is 4.74 Å². The fraction of sp³-hybridized carbons (Fsp3) is 0.733. The number of nitrogens with zero attached hydrogens (tertiary/aromatic N) is 2. The summed E-state index contributed by atoms with van der Waals surface area (Å²) in [5.74, 6) is 2.28. The summed E-state index contributed by atoms with van der Waals surface area (Å²) in [7, 11) is 0. The molecule has 0 aliphatic heterocycles. The molecule has 1 aliphatic rings. The number of thioether (sulfide) groups is 1. The SMILES string of the molecule is CCOc1cc(NCC2(SC)CCCCC2)nc(C)n1. The van der Waals surface area contributed by atoms with Gasteiger partial charge < -0.3 is 10.1 Å². The summed E-state index contributed by atoms with van der Waals surface area (Å²) in [5, 5.41) is 3.49. The smallest absolute Gasteiger partial charge is 0.218 e. The van der Waals surface area contributed by atoms with Gasteiger partial charge in [0.2, 0.25) is 5.88 Å². The molecule has 2 rings (SSSR count). The molecule has 112 valence electrons. The largest absolute Gasteiger partial charge is 0.478 e. The van der Waals surface area contributed by atoms with Crippen molar-refractivity contribution in [3.8, 4) is 5.88 Å². The zero-order valence-corrected chi connectivity index (χ0v) is 13.6. The lowest BCUT2D eigenvalue weighted by molar-refractivity contribution is 0.325. The third-order valence-corrected chi connectivity index (χ3v) is 5.31. The third kappa shape index (κ3) is 4.01. The Balaban J connectivity index is 2.02. The van der Waals surface area contributed by atoms with Crippen LogP contribution in [-0.4, -0.2) is 34.1 Å². The fourth-order valence-electron chi connectivity index (χ4n) is 2.75. The Morgan fingerprint density at radius 3 is 2.70 bits per heavy atom. The van der Waals surface area contributed by atoms with Crippen molar-refractivity contribution in [2.24, 2.45) is 0 Å². The van der Waals surface area contributed by atoms with Gasteiger partial charge in [0, 0.05) is 17.4 Å². The van der Waals surface area contributed by atoms with Gasteiger partial charge in [-0.1, -0.05) is 19.3 Å². The fourth-order valence-corrected chi connectivity index (χ4v) is 3.67. The number of nitrogens with one attached hydrogen (secondary N) is 1. The van der Waals surface area contributed by atoms with E-state index in [1.165, 1.54) is 32.1 Å². The molecule has 5 heteroatoms. The van der Waals surface area contributed by atoms with Crippen LogP contribution < -0.4 is 10.1 Å². The Labute approximate surface area is 126 Å². The molecule has 4 nitrogen and oxygen atoms in total. The van der Waals surface area contributed by atoms with Crippen molar-refractivity contribution in [3.05, 3.63) is 11.9 Å². The zero-order valence-electron chi connectivity index (χ0n) is 12.7. The molecule has 1 aromatic heterocycles. The standard InChI is InChI=1S/C15H25N3OS/c1-4-19-14-10-13(17-12(2)18-14)16-11-15(20-3)8-6-5-7-9-15/h10H,4-9,11H2,1-3H3,(H,16,17,18). The molecule has 1 aliphatic carbocycles. The monoisotopic (exact) mass is 295 g/mol.